The standard InChI is InChI=1S/C31H30FNO3/c1-19-14-22(32)11-10-20(19)17-30(34)21-15-23-12-13-24(16-21)33(23)31(35)36-18-29-27-8-4-2-6-25(27)26-7-3-5-9-28(26)29/h2-11,14,21,23-24,29H,12-13,15-18H2,1H3. The number of carbonyl (C=O) groups excluding carboxylic acids is 2. The van der Waals surface area contributed by atoms with E-state index in [0.29, 0.717) is 25.9 Å². The van der Waals surface area contributed by atoms with Crippen LogP contribution < -0.4 is 0 Å². The zero-order valence-corrected chi connectivity index (χ0v) is 20.5. The van der Waals surface area contributed by atoms with E-state index in [4.69, 9.17) is 4.74 Å². The third-order valence-electron chi connectivity index (χ3n) is 8.40. The summed E-state index contributed by atoms with van der Waals surface area (Å²) in [5.41, 5.74) is 6.52. The zero-order valence-electron chi connectivity index (χ0n) is 20.5. The van der Waals surface area contributed by atoms with Gasteiger partial charge < -0.3 is 9.64 Å². The number of ether oxygens (including phenoxy) is 1. The van der Waals surface area contributed by atoms with Crippen LogP contribution in [0.3, 0.4) is 0 Å². The van der Waals surface area contributed by atoms with Gasteiger partial charge in [-0.15, -0.1) is 0 Å². The molecule has 3 aromatic rings. The highest BCUT2D eigenvalue weighted by Crippen LogP contribution is 2.45. The largest absolute Gasteiger partial charge is 0.448 e. The third kappa shape index (κ3) is 4.01. The van der Waals surface area contributed by atoms with Gasteiger partial charge in [-0.05, 0) is 78.1 Å². The maximum atomic E-state index is 13.4. The van der Waals surface area contributed by atoms with Crippen molar-refractivity contribution in [3.8, 4) is 11.1 Å². The van der Waals surface area contributed by atoms with Crippen LogP contribution in [0, 0.1) is 18.7 Å². The van der Waals surface area contributed by atoms with Crippen LogP contribution in [0.2, 0.25) is 0 Å². The van der Waals surface area contributed by atoms with E-state index in [2.05, 4.69) is 24.3 Å². The predicted molar refractivity (Wildman–Crippen MR) is 136 cm³/mol. The first-order valence-electron chi connectivity index (χ1n) is 12.9. The van der Waals surface area contributed by atoms with Crippen LogP contribution >= 0.6 is 0 Å². The Morgan fingerprint density at radius 2 is 1.53 bits per heavy atom. The number of fused-ring (bicyclic) bond motifs is 5. The number of Topliss-reactive ketones (excluding diaryl/α,β-unsaturated/α-hetero) is 1. The summed E-state index contributed by atoms with van der Waals surface area (Å²) in [6, 6.07) is 21.4. The van der Waals surface area contributed by atoms with Crippen molar-refractivity contribution in [2.24, 2.45) is 5.92 Å². The molecule has 6 rings (SSSR count). The number of benzene rings is 3. The van der Waals surface area contributed by atoms with E-state index in [1.807, 2.05) is 36.1 Å². The lowest BCUT2D eigenvalue weighted by atomic mass is 9.85. The Morgan fingerprint density at radius 3 is 2.14 bits per heavy atom. The molecule has 3 aliphatic rings. The highest BCUT2D eigenvalue weighted by atomic mass is 19.1. The van der Waals surface area contributed by atoms with E-state index in [1.165, 1.54) is 34.4 Å². The number of aryl methyl sites for hydroxylation is 1. The van der Waals surface area contributed by atoms with Crippen molar-refractivity contribution in [2.45, 2.75) is 57.0 Å². The summed E-state index contributed by atoms with van der Waals surface area (Å²) in [5, 5.41) is 0. The van der Waals surface area contributed by atoms with Crippen molar-refractivity contribution >= 4 is 11.9 Å². The van der Waals surface area contributed by atoms with E-state index in [1.54, 1.807) is 6.07 Å². The Kier molecular flexibility index (Phi) is 5.87. The monoisotopic (exact) mass is 483 g/mol. The van der Waals surface area contributed by atoms with Gasteiger partial charge in [0.25, 0.3) is 0 Å². The smallest absolute Gasteiger partial charge is 0.410 e. The fourth-order valence-corrected chi connectivity index (χ4v) is 6.60. The molecular formula is C31H30FNO3. The van der Waals surface area contributed by atoms with Crippen LogP contribution in [0.5, 0.6) is 0 Å². The number of hydrogen-bond acceptors (Lipinski definition) is 3. The Morgan fingerprint density at radius 1 is 0.917 bits per heavy atom. The molecule has 2 saturated heterocycles. The highest BCUT2D eigenvalue weighted by molar-refractivity contribution is 5.84. The first kappa shape index (κ1) is 23.0. The van der Waals surface area contributed by atoms with Crippen molar-refractivity contribution in [3.63, 3.8) is 0 Å². The summed E-state index contributed by atoms with van der Waals surface area (Å²) in [6.07, 6.45) is 3.24. The van der Waals surface area contributed by atoms with Gasteiger partial charge in [-0.2, -0.15) is 0 Å². The summed E-state index contributed by atoms with van der Waals surface area (Å²) < 4.78 is 19.4. The van der Waals surface area contributed by atoms with Gasteiger partial charge in [0.1, 0.15) is 18.2 Å². The second-order valence-corrected chi connectivity index (χ2v) is 10.5. The molecule has 0 saturated carbocycles. The quantitative estimate of drug-likeness (QED) is 0.420. The number of hydrogen-bond donors (Lipinski definition) is 0. The van der Waals surface area contributed by atoms with E-state index in [-0.39, 0.29) is 41.6 Å². The normalized spacial score (nSPS) is 22.3. The molecule has 184 valence electrons. The topological polar surface area (TPSA) is 46.6 Å². The number of halogens is 1. The molecule has 36 heavy (non-hydrogen) atoms. The Labute approximate surface area is 211 Å². The zero-order chi connectivity index (χ0) is 24.8. The third-order valence-corrected chi connectivity index (χ3v) is 8.40. The molecule has 0 spiro atoms. The molecule has 0 aromatic heterocycles. The molecule has 3 aromatic carbocycles. The Balaban J connectivity index is 1.11. The first-order chi connectivity index (χ1) is 17.5. The maximum Gasteiger partial charge on any atom is 0.410 e. The Hall–Kier alpha value is -3.47. The molecule has 2 aliphatic heterocycles. The summed E-state index contributed by atoms with van der Waals surface area (Å²) in [5.74, 6) is -0.117. The van der Waals surface area contributed by atoms with E-state index in [9.17, 15) is 14.0 Å². The van der Waals surface area contributed by atoms with Gasteiger partial charge in [0.2, 0.25) is 0 Å². The molecule has 1 amide bonds. The highest BCUT2D eigenvalue weighted by Gasteiger charge is 2.46. The number of ketones is 1. The van der Waals surface area contributed by atoms with E-state index >= 15 is 0 Å². The van der Waals surface area contributed by atoms with Crippen LogP contribution in [0.15, 0.2) is 66.7 Å². The van der Waals surface area contributed by atoms with Crippen molar-refractivity contribution in [3.05, 3.63) is 94.8 Å². The Bertz CT molecular complexity index is 1280. The maximum absolute atomic E-state index is 13.4. The lowest BCUT2D eigenvalue weighted by molar-refractivity contribution is -0.124. The second-order valence-electron chi connectivity index (χ2n) is 10.5. The van der Waals surface area contributed by atoms with Gasteiger partial charge >= 0.3 is 6.09 Å². The van der Waals surface area contributed by atoms with Gasteiger partial charge in [-0.3, -0.25) is 4.79 Å². The van der Waals surface area contributed by atoms with Gasteiger partial charge in [-0.1, -0.05) is 54.6 Å². The minimum atomic E-state index is -0.279. The average Bonchev–Trinajstić information content (AvgIpc) is 3.34. The van der Waals surface area contributed by atoms with Gasteiger partial charge in [-0.25, -0.2) is 9.18 Å². The SMILES string of the molecule is Cc1cc(F)ccc1CC(=O)C1CC2CCC(C1)N2C(=O)OCC1c2ccccc2-c2ccccc21. The van der Waals surface area contributed by atoms with Crippen LogP contribution in [0.25, 0.3) is 11.1 Å². The number of carbonyl (C=O) groups is 2. The van der Waals surface area contributed by atoms with Crippen LogP contribution in [-0.4, -0.2) is 35.5 Å². The van der Waals surface area contributed by atoms with Gasteiger partial charge in [0.05, 0.1) is 0 Å². The van der Waals surface area contributed by atoms with Crippen molar-refractivity contribution in [2.75, 3.05) is 6.61 Å². The molecule has 4 nitrogen and oxygen atoms in total. The van der Waals surface area contributed by atoms with Crippen LogP contribution in [0.4, 0.5) is 9.18 Å². The average molecular weight is 484 g/mol. The molecule has 2 bridgehead atoms. The summed E-state index contributed by atoms with van der Waals surface area (Å²) in [6.45, 7) is 2.16. The number of nitrogens with zero attached hydrogens (tertiary/aromatic N) is 1. The van der Waals surface area contributed by atoms with Gasteiger partial charge in [0, 0.05) is 30.3 Å². The fourth-order valence-electron chi connectivity index (χ4n) is 6.60. The lowest BCUT2D eigenvalue weighted by Crippen LogP contribution is -2.48. The second kappa shape index (κ2) is 9.20. The molecular weight excluding hydrogens is 453 g/mol. The predicted octanol–water partition coefficient (Wildman–Crippen LogP) is 6.44. The number of piperidine rings is 1. The van der Waals surface area contributed by atoms with Crippen molar-refractivity contribution in [1.29, 1.82) is 0 Å². The summed E-state index contributed by atoms with van der Waals surface area (Å²) >= 11 is 0. The fraction of sp³-hybridized carbons (Fsp3) is 0.355. The van der Waals surface area contributed by atoms with Crippen molar-refractivity contribution in [1.82, 2.24) is 4.90 Å². The molecule has 1 aliphatic carbocycles. The van der Waals surface area contributed by atoms with Gasteiger partial charge in [0.15, 0.2) is 0 Å². The molecule has 2 heterocycles. The van der Waals surface area contributed by atoms with Crippen molar-refractivity contribution < 1.29 is 18.7 Å². The molecule has 2 unspecified atom stereocenters. The minimum Gasteiger partial charge on any atom is -0.448 e. The molecule has 5 heteroatoms. The lowest BCUT2D eigenvalue weighted by Gasteiger charge is -2.38. The summed E-state index contributed by atoms with van der Waals surface area (Å²) in [7, 11) is 0. The summed E-state index contributed by atoms with van der Waals surface area (Å²) in [4.78, 5) is 28.3. The van der Waals surface area contributed by atoms with E-state index in [0.717, 1.165) is 24.0 Å². The van der Waals surface area contributed by atoms with Crippen LogP contribution in [-0.2, 0) is 16.0 Å². The van der Waals surface area contributed by atoms with Crippen LogP contribution in [0.1, 0.15) is 53.9 Å². The van der Waals surface area contributed by atoms with E-state index < -0.39 is 0 Å². The molecule has 0 N–H and O–H groups in total. The molecule has 2 atom stereocenters. The first-order valence-corrected chi connectivity index (χ1v) is 12.9. The molecule has 0 radical (unpaired) electrons. The molecule has 2 fully saturated rings. The minimum absolute atomic E-state index is 0.0390. The number of rotatable bonds is 5. The number of amides is 1.